The van der Waals surface area contributed by atoms with Crippen LogP contribution in [-0.2, 0) is 4.79 Å². The van der Waals surface area contributed by atoms with Crippen LogP contribution in [0.25, 0.3) is 0 Å². The predicted octanol–water partition coefficient (Wildman–Crippen LogP) is 3.19. The molecule has 1 aromatic carbocycles. The van der Waals surface area contributed by atoms with Crippen molar-refractivity contribution in [2.75, 3.05) is 23.3 Å². The summed E-state index contributed by atoms with van der Waals surface area (Å²) in [6, 6.07) is 10.9. The predicted molar refractivity (Wildman–Crippen MR) is 105 cm³/mol. The Bertz CT molecular complexity index is 794. The van der Waals surface area contributed by atoms with E-state index in [-0.39, 0.29) is 17.7 Å². The number of benzene rings is 1. The Labute approximate surface area is 160 Å². The van der Waals surface area contributed by atoms with Gasteiger partial charge in [-0.1, -0.05) is 15.9 Å². The molecule has 1 aliphatic heterocycles. The molecular formula is C19H21BrN4O2. The molecule has 0 saturated carbocycles. The Morgan fingerprint density at radius 2 is 2.04 bits per heavy atom. The zero-order chi connectivity index (χ0) is 18.5. The number of hydrogen-bond donors (Lipinski definition) is 2. The van der Waals surface area contributed by atoms with E-state index in [0.29, 0.717) is 24.3 Å². The van der Waals surface area contributed by atoms with Gasteiger partial charge in [0.2, 0.25) is 5.91 Å². The molecule has 2 aromatic rings. The topological polar surface area (TPSA) is 88.3 Å². The van der Waals surface area contributed by atoms with Crippen molar-refractivity contribution in [3.63, 3.8) is 0 Å². The first kappa shape index (κ1) is 18.4. The number of carbonyl (C=O) groups excluding carboxylic acids is 2. The molecule has 2 heterocycles. The van der Waals surface area contributed by atoms with Crippen LogP contribution in [0.3, 0.4) is 0 Å². The lowest BCUT2D eigenvalue weighted by molar-refractivity contribution is -0.118. The van der Waals surface area contributed by atoms with Crippen molar-refractivity contribution in [1.29, 1.82) is 0 Å². The molecule has 6 nitrogen and oxygen atoms in total. The highest BCUT2D eigenvalue weighted by atomic mass is 79.9. The highest BCUT2D eigenvalue weighted by Crippen LogP contribution is 2.26. The zero-order valence-electron chi connectivity index (χ0n) is 14.3. The van der Waals surface area contributed by atoms with Crippen LogP contribution in [-0.4, -0.2) is 29.9 Å². The Morgan fingerprint density at radius 3 is 2.77 bits per heavy atom. The number of primary amides is 1. The SMILES string of the molecule is NC(=O)CC1CCCN(c2ncccc2C(=O)Nc2ccc(Br)cc2)C1. The number of hydrogen-bond acceptors (Lipinski definition) is 4. The Balaban J connectivity index is 1.78. The maximum atomic E-state index is 12.8. The van der Waals surface area contributed by atoms with Gasteiger partial charge >= 0.3 is 0 Å². The van der Waals surface area contributed by atoms with Crippen LogP contribution >= 0.6 is 15.9 Å². The molecule has 1 fully saturated rings. The number of carbonyl (C=O) groups is 2. The van der Waals surface area contributed by atoms with Crippen molar-refractivity contribution in [3.8, 4) is 0 Å². The number of piperidine rings is 1. The van der Waals surface area contributed by atoms with Gasteiger partial charge in [0, 0.05) is 35.9 Å². The Morgan fingerprint density at radius 1 is 1.27 bits per heavy atom. The molecular weight excluding hydrogens is 396 g/mol. The van der Waals surface area contributed by atoms with E-state index in [0.717, 1.165) is 29.5 Å². The Hall–Kier alpha value is -2.41. The largest absolute Gasteiger partial charge is 0.370 e. The van der Waals surface area contributed by atoms with Gasteiger partial charge in [0.05, 0.1) is 5.56 Å². The molecule has 1 aromatic heterocycles. The van der Waals surface area contributed by atoms with Crippen molar-refractivity contribution in [3.05, 3.63) is 52.6 Å². The quantitative estimate of drug-likeness (QED) is 0.782. The van der Waals surface area contributed by atoms with Crippen LogP contribution in [0.4, 0.5) is 11.5 Å². The van der Waals surface area contributed by atoms with E-state index in [9.17, 15) is 9.59 Å². The van der Waals surface area contributed by atoms with Gasteiger partial charge in [0.15, 0.2) is 0 Å². The average molecular weight is 417 g/mol. The summed E-state index contributed by atoms with van der Waals surface area (Å²) in [5.74, 6) is 0.362. The molecule has 3 N–H and O–H groups in total. The molecule has 2 amide bonds. The van der Waals surface area contributed by atoms with Gasteiger partial charge < -0.3 is 16.0 Å². The number of nitrogens with two attached hydrogens (primary N) is 1. The summed E-state index contributed by atoms with van der Waals surface area (Å²) in [7, 11) is 0. The van der Waals surface area contributed by atoms with Gasteiger partial charge in [-0.2, -0.15) is 0 Å². The molecule has 0 aliphatic carbocycles. The van der Waals surface area contributed by atoms with E-state index in [4.69, 9.17) is 5.73 Å². The maximum absolute atomic E-state index is 12.8. The minimum atomic E-state index is -0.286. The summed E-state index contributed by atoms with van der Waals surface area (Å²) in [6.07, 6.45) is 3.96. The second-order valence-corrected chi connectivity index (χ2v) is 7.38. The lowest BCUT2D eigenvalue weighted by atomic mass is 9.94. The number of nitrogens with one attached hydrogen (secondary N) is 1. The van der Waals surface area contributed by atoms with Gasteiger partial charge in [-0.05, 0) is 55.2 Å². The van der Waals surface area contributed by atoms with E-state index < -0.39 is 0 Å². The first-order chi connectivity index (χ1) is 12.5. The standard InChI is InChI=1S/C19H21BrN4O2/c20-14-5-7-15(8-6-14)23-19(26)16-4-1-9-22-18(16)24-10-2-3-13(12-24)11-17(21)25/h1,4-9,13H,2-3,10-12H2,(H2,21,25)(H,23,26). The van der Waals surface area contributed by atoms with E-state index in [1.54, 1.807) is 18.3 Å². The van der Waals surface area contributed by atoms with Gasteiger partial charge in [0.1, 0.15) is 5.82 Å². The Kier molecular flexibility index (Phi) is 5.88. The third kappa shape index (κ3) is 4.60. The summed E-state index contributed by atoms with van der Waals surface area (Å²) in [5, 5.41) is 2.91. The van der Waals surface area contributed by atoms with Crippen molar-refractivity contribution >= 4 is 39.2 Å². The number of amides is 2. The second kappa shape index (κ2) is 8.31. The van der Waals surface area contributed by atoms with Gasteiger partial charge in [0.25, 0.3) is 5.91 Å². The minimum Gasteiger partial charge on any atom is -0.370 e. The summed E-state index contributed by atoms with van der Waals surface area (Å²) in [6.45, 7) is 1.49. The van der Waals surface area contributed by atoms with E-state index in [1.807, 2.05) is 24.3 Å². The fourth-order valence-corrected chi connectivity index (χ4v) is 3.53. The molecule has 0 spiro atoms. The number of rotatable bonds is 5. The molecule has 1 unspecified atom stereocenters. The molecule has 0 radical (unpaired) electrons. The summed E-state index contributed by atoms with van der Waals surface area (Å²) in [5.41, 5.74) is 6.59. The van der Waals surface area contributed by atoms with Crippen LogP contribution in [0.15, 0.2) is 47.1 Å². The second-order valence-electron chi connectivity index (χ2n) is 6.46. The first-order valence-electron chi connectivity index (χ1n) is 8.58. The summed E-state index contributed by atoms with van der Waals surface area (Å²) >= 11 is 3.38. The summed E-state index contributed by atoms with van der Waals surface area (Å²) < 4.78 is 0.950. The molecule has 7 heteroatoms. The monoisotopic (exact) mass is 416 g/mol. The highest BCUT2D eigenvalue weighted by Gasteiger charge is 2.25. The van der Waals surface area contributed by atoms with Crippen molar-refractivity contribution < 1.29 is 9.59 Å². The highest BCUT2D eigenvalue weighted by molar-refractivity contribution is 9.10. The third-order valence-electron chi connectivity index (χ3n) is 4.44. The van der Waals surface area contributed by atoms with Crippen LogP contribution in [0, 0.1) is 5.92 Å². The number of halogens is 1. The normalized spacial score (nSPS) is 17.0. The number of aromatic nitrogens is 1. The third-order valence-corrected chi connectivity index (χ3v) is 4.97. The molecule has 26 heavy (non-hydrogen) atoms. The fraction of sp³-hybridized carbons (Fsp3) is 0.316. The molecule has 1 aliphatic rings. The lowest BCUT2D eigenvalue weighted by Gasteiger charge is -2.34. The number of pyridine rings is 1. The van der Waals surface area contributed by atoms with E-state index in [1.165, 1.54) is 0 Å². The first-order valence-corrected chi connectivity index (χ1v) is 9.37. The smallest absolute Gasteiger partial charge is 0.259 e. The van der Waals surface area contributed by atoms with Crippen LogP contribution in [0.1, 0.15) is 29.6 Å². The summed E-state index contributed by atoms with van der Waals surface area (Å²) in [4.78, 5) is 30.5. The van der Waals surface area contributed by atoms with Crippen LogP contribution < -0.4 is 16.0 Å². The molecule has 1 saturated heterocycles. The lowest BCUT2D eigenvalue weighted by Crippen LogP contribution is -2.38. The molecule has 3 rings (SSSR count). The number of nitrogens with zero attached hydrogens (tertiary/aromatic N) is 2. The zero-order valence-corrected chi connectivity index (χ0v) is 15.9. The van der Waals surface area contributed by atoms with Crippen molar-refractivity contribution in [2.45, 2.75) is 19.3 Å². The van der Waals surface area contributed by atoms with E-state index >= 15 is 0 Å². The van der Waals surface area contributed by atoms with Crippen molar-refractivity contribution in [2.24, 2.45) is 11.7 Å². The van der Waals surface area contributed by atoms with E-state index in [2.05, 4.69) is 31.1 Å². The van der Waals surface area contributed by atoms with Crippen LogP contribution in [0.2, 0.25) is 0 Å². The maximum Gasteiger partial charge on any atom is 0.259 e. The van der Waals surface area contributed by atoms with Gasteiger partial charge in [-0.15, -0.1) is 0 Å². The number of anilines is 2. The molecule has 136 valence electrons. The van der Waals surface area contributed by atoms with Crippen LogP contribution in [0.5, 0.6) is 0 Å². The van der Waals surface area contributed by atoms with Gasteiger partial charge in [-0.3, -0.25) is 9.59 Å². The van der Waals surface area contributed by atoms with Gasteiger partial charge in [-0.25, -0.2) is 4.98 Å². The molecule has 0 bridgehead atoms. The minimum absolute atomic E-state index is 0.200. The fourth-order valence-electron chi connectivity index (χ4n) is 3.27. The molecule has 1 atom stereocenters. The average Bonchev–Trinajstić information content (AvgIpc) is 2.63. The van der Waals surface area contributed by atoms with Crippen molar-refractivity contribution in [1.82, 2.24) is 4.98 Å².